The van der Waals surface area contributed by atoms with Gasteiger partial charge in [0.05, 0.1) is 18.7 Å². The molecule has 1 heterocycles. The number of unbranched alkanes of at least 4 members (excludes halogenated alkanes) is 3. The summed E-state index contributed by atoms with van der Waals surface area (Å²) in [5.41, 5.74) is 0.958. The normalized spacial score (nSPS) is 10.9. The molecule has 3 nitrogen and oxygen atoms in total. The van der Waals surface area contributed by atoms with Crippen molar-refractivity contribution in [2.45, 2.75) is 39.2 Å². The molecule has 0 saturated heterocycles. The van der Waals surface area contributed by atoms with Gasteiger partial charge >= 0.3 is 0 Å². The Balaban J connectivity index is 1.87. The summed E-state index contributed by atoms with van der Waals surface area (Å²) in [6.45, 7) is 4.02. The highest BCUT2D eigenvalue weighted by Crippen LogP contribution is 2.31. The summed E-state index contributed by atoms with van der Waals surface area (Å²) in [6.07, 6.45) is 5.09. The maximum Gasteiger partial charge on any atom is 0.137 e. The van der Waals surface area contributed by atoms with Crippen molar-refractivity contribution in [1.29, 1.82) is 0 Å². The van der Waals surface area contributed by atoms with E-state index in [-0.39, 0.29) is 0 Å². The SMILES string of the molecule is CCCCCCNCc1ccc(-c2ccc(OC)c(Cl)c2)o1. The van der Waals surface area contributed by atoms with Crippen LogP contribution in [0.2, 0.25) is 5.02 Å². The molecule has 4 heteroatoms. The maximum atomic E-state index is 6.15. The number of halogens is 1. The molecule has 2 rings (SSSR count). The standard InChI is InChI=1S/C18H24ClNO2/c1-3-4-5-6-11-20-13-15-8-10-17(22-15)14-7-9-18(21-2)16(19)12-14/h7-10,12,20H,3-6,11,13H2,1-2H3. The van der Waals surface area contributed by atoms with E-state index in [4.69, 9.17) is 20.8 Å². The molecule has 1 aromatic carbocycles. The van der Waals surface area contributed by atoms with Crippen molar-refractivity contribution >= 4 is 11.6 Å². The molecule has 2 aromatic rings. The number of rotatable bonds is 9. The molecule has 0 saturated carbocycles. The summed E-state index contributed by atoms with van der Waals surface area (Å²) in [5, 5.41) is 4.01. The van der Waals surface area contributed by atoms with Crippen LogP contribution in [0.3, 0.4) is 0 Å². The van der Waals surface area contributed by atoms with Gasteiger partial charge in [-0.05, 0) is 43.3 Å². The summed E-state index contributed by atoms with van der Waals surface area (Å²) in [4.78, 5) is 0. The lowest BCUT2D eigenvalue weighted by Crippen LogP contribution is -2.14. The summed E-state index contributed by atoms with van der Waals surface area (Å²) in [6, 6.07) is 9.65. The van der Waals surface area contributed by atoms with E-state index in [1.54, 1.807) is 7.11 Å². The first-order valence-electron chi connectivity index (χ1n) is 7.88. The van der Waals surface area contributed by atoms with Gasteiger partial charge in [-0.3, -0.25) is 0 Å². The fourth-order valence-electron chi connectivity index (χ4n) is 2.34. The van der Waals surface area contributed by atoms with Gasteiger partial charge in [0.25, 0.3) is 0 Å². The van der Waals surface area contributed by atoms with Crippen LogP contribution in [-0.4, -0.2) is 13.7 Å². The van der Waals surface area contributed by atoms with Crippen LogP contribution in [0.5, 0.6) is 5.75 Å². The van der Waals surface area contributed by atoms with Crippen molar-refractivity contribution in [3.63, 3.8) is 0 Å². The van der Waals surface area contributed by atoms with Crippen LogP contribution in [0.4, 0.5) is 0 Å². The Labute approximate surface area is 137 Å². The van der Waals surface area contributed by atoms with E-state index in [1.807, 2.05) is 30.3 Å². The summed E-state index contributed by atoms with van der Waals surface area (Å²) >= 11 is 6.15. The van der Waals surface area contributed by atoms with Gasteiger partial charge in [-0.15, -0.1) is 0 Å². The fraction of sp³-hybridized carbons (Fsp3) is 0.444. The molecular weight excluding hydrogens is 298 g/mol. The largest absolute Gasteiger partial charge is 0.495 e. The molecule has 0 aliphatic rings. The zero-order valence-corrected chi connectivity index (χ0v) is 14.1. The van der Waals surface area contributed by atoms with Gasteiger partial charge in [-0.25, -0.2) is 0 Å². The molecule has 0 radical (unpaired) electrons. The van der Waals surface area contributed by atoms with Crippen LogP contribution in [0.25, 0.3) is 11.3 Å². The van der Waals surface area contributed by atoms with E-state index in [0.717, 1.165) is 30.2 Å². The van der Waals surface area contributed by atoms with Crippen molar-refractivity contribution in [2.24, 2.45) is 0 Å². The van der Waals surface area contributed by atoms with E-state index in [1.165, 1.54) is 25.7 Å². The highest BCUT2D eigenvalue weighted by molar-refractivity contribution is 6.32. The second-order valence-electron chi connectivity index (χ2n) is 5.35. The number of methoxy groups -OCH3 is 1. The van der Waals surface area contributed by atoms with Gasteiger partial charge < -0.3 is 14.5 Å². The van der Waals surface area contributed by atoms with Gasteiger partial charge in [0.15, 0.2) is 0 Å². The third kappa shape index (κ3) is 4.79. The number of furan rings is 1. The smallest absolute Gasteiger partial charge is 0.137 e. The topological polar surface area (TPSA) is 34.4 Å². The van der Waals surface area contributed by atoms with Gasteiger partial charge in [0.1, 0.15) is 17.3 Å². The van der Waals surface area contributed by atoms with Gasteiger partial charge in [-0.2, -0.15) is 0 Å². The number of nitrogens with one attached hydrogen (secondary N) is 1. The van der Waals surface area contributed by atoms with Crippen molar-refractivity contribution in [3.8, 4) is 17.1 Å². The van der Waals surface area contributed by atoms with Gasteiger partial charge in [-0.1, -0.05) is 37.8 Å². The van der Waals surface area contributed by atoms with E-state index in [9.17, 15) is 0 Å². The maximum absolute atomic E-state index is 6.15. The van der Waals surface area contributed by atoms with Crippen LogP contribution in [0.1, 0.15) is 38.4 Å². The fourth-order valence-corrected chi connectivity index (χ4v) is 2.59. The zero-order chi connectivity index (χ0) is 15.8. The summed E-state index contributed by atoms with van der Waals surface area (Å²) < 4.78 is 11.0. The van der Waals surface area contributed by atoms with E-state index >= 15 is 0 Å². The van der Waals surface area contributed by atoms with Crippen molar-refractivity contribution < 1.29 is 9.15 Å². The summed E-state index contributed by atoms with van der Waals surface area (Å²) in [5.74, 6) is 2.44. The molecule has 120 valence electrons. The van der Waals surface area contributed by atoms with Crippen molar-refractivity contribution in [2.75, 3.05) is 13.7 Å². The Morgan fingerprint density at radius 1 is 1.14 bits per heavy atom. The number of hydrogen-bond donors (Lipinski definition) is 1. The van der Waals surface area contributed by atoms with Crippen LogP contribution in [-0.2, 0) is 6.54 Å². The first-order chi connectivity index (χ1) is 10.7. The van der Waals surface area contributed by atoms with E-state index in [2.05, 4.69) is 12.2 Å². The highest BCUT2D eigenvalue weighted by atomic mass is 35.5. The minimum Gasteiger partial charge on any atom is -0.495 e. The molecule has 0 atom stereocenters. The third-order valence-corrected chi connectivity index (χ3v) is 3.90. The molecule has 0 aliphatic heterocycles. The van der Waals surface area contributed by atoms with Crippen molar-refractivity contribution in [1.82, 2.24) is 5.32 Å². The number of hydrogen-bond acceptors (Lipinski definition) is 3. The average molecular weight is 322 g/mol. The molecule has 0 bridgehead atoms. The predicted octanol–water partition coefficient (Wildman–Crippen LogP) is 5.28. The van der Waals surface area contributed by atoms with E-state index in [0.29, 0.717) is 10.8 Å². The second-order valence-corrected chi connectivity index (χ2v) is 5.76. The lowest BCUT2D eigenvalue weighted by Gasteiger charge is -2.04. The van der Waals surface area contributed by atoms with Crippen molar-refractivity contribution in [3.05, 3.63) is 41.1 Å². The Morgan fingerprint density at radius 3 is 2.73 bits per heavy atom. The Morgan fingerprint density at radius 2 is 2.00 bits per heavy atom. The van der Waals surface area contributed by atoms with Crippen LogP contribution in [0, 0.1) is 0 Å². The summed E-state index contributed by atoms with van der Waals surface area (Å²) in [7, 11) is 1.61. The predicted molar refractivity (Wildman–Crippen MR) is 91.6 cm³/mol. The Hall–Kier alpha value is -1.45. The first kappa shape index (κ1) is 16.9. The van der Waals surface area contributed by atoms with E-state index < -0.39 is 0 Å². The Kier molecular flexibility index (Phi) is 6.81. The molecule has 1 N–H and O–H groups in total. The molecular formula is C18H24ClNO2. The molecule has 0 amide bonds. The van der Waals surface area contributed by atoms with Gasteiger partial charge in [0, 0.05) is 5.56 Å². The number of benzene rings is 1. The monoisotopic (exact) mass is 321 g/mol. The van der Waals surface area contributed by atoms with Crippen LogP contribution in [0.15, 0.2) is 34.7 Å². The first-order valence-corrected chi connectivity index (χ1v) is 8.25. The second kappa shape index (κ2) is 8.86. The average Bonchev–Trinajstić information content (AvgIpc) is 2.99. The Bertz CT molecular complexity index is 580. The zero-order valence-electron chi connectivity index (χ0n) is 13.3. The molecule has 0 aliphatic carbocycles. The number of ether oxygens (including phenoxy) is 1. The molecule has 0 unspecified atom stereocenters. The highest BCUT2D eigenvalue weighted by Gasteiger charge is 2.08. The molecule has 0 fully saturated rings. The minimum absolute atomic E-state index is 0.590. The lowest BCUT2D eigenvalue weighted by atomic mass is 10.2. The third-order valence-electron chi connectivity index (χ3n) is 3.60. The quantitative estimate of drug-likeness (QED) is 0.638. The molecule has 22 heavy (non-hydrogen) atoms. The van der Waals surface area contributed by atoms with Crippen LogP contribution >= 0.6 is 11.6 Å². The minimum atomic E-state index is 0.590. The molecule has 0 spiro atoms. The molecule has 1 aromatic heterocycles. The lowest BCUT2D eigenvalue weighted by molar-refractivity contribution is 0.415. The van der Waals surface area contributed by atoms with Gasteiger partial charge in [0.2, 0.25) is 0 Å². The van der Waals surface area contributed by atoms with Crippen LogP contribution < -0.4 is 10.1 Å².